The first kappa shape index (κ1) is 71.0. The Morgan fingerprint density at radius 1 is 0.392 bits per heavy atom. The number of benzene rings is 4. The van der Waals surface area contributed by atoms with Crippen LogP contribution in [0.3, 0.4) is 0 Å². The topological polar surface area (TPSA) is 135 Å². The molecule has 97 heavy (non-hydrogen) atoms. The molecule has 0 spiro atoms. The molecule has 0 saturated heterocycles. The number of rotatable bonds is 4. The number of aryl methyl sites for hydroxylation is 4. The molecule has 0 aromatic heterocycles. The highest BCUT2D eigenvalue weighted by atomic mass is 16.5. The number of Topliss-reactive ketones (excluding diaryl/α,β-unsaturated/α-hetero) is 1. The van der Waals surface area contributed by atoms with Gasteiger partial charge in [-0.2, -0.15) is 0 Å². The highest BCUT2D eigenvalue weighted by Gasteiger charge is 2.60. The number of carbonyl (C=O) groups is 1. The van der Waals surface area contributed by atoms with Crippen LogP contribution >= 0.6 is 0 Å². The van der Waals surface area contributed by atoms with Gasteiger partial charge in [-0.1, -0.05) is 52.0 Å². The molecule has 8 fully saturated rings. The van der Waals surface area contributed by atoms with Gasteiger partial charge in [0.05, 0.1) is 30.0 Å². The summed E-state index contributed by atoms with van der Waals surface area (Å²) in [5, 5.41) is 41.1. The van der Waals surface area contributed by atoms with Gasteiger partial charge in [-0.25, -0.2) is 0 Å². The first-order valence-corrected chi connectivity index (χ1v) is 39.1. The van der Waals surface area contributed by atoms with Gasteiger partial charge in [0.1, 0.15) is 45.6 Å². The molecule has 20 atom stereocenters. The number of hydrogen-bond acceptors (Lipinski definition) is 9. The van der Waals surface area contributed by atoms with Gasteiger partial charge in [0.2, 0.25) is 0 Å². The lowest BCUT2D eigenvalue weighted by molar-refractivity contribution is -0.129. The van der Waals surface area contributed by atoms with E-state index in [1.807, 2.05) is 12.1 Å². The number of aliphatic hydroxyl groups is 3. The Kier molecular flexibility index (Phi) is 19.1. The molecule has 16 rings (SSSR count). The maximum atomic E-state index is 12.4. The van der Waals surface area contributed by atoms with Crippen LogP contribution in [0.5, 0.6) is 23.0 Å². The van der Waals surface area contributed by atoms with Crippen LogP contribution in [-0.2, 0) is 35.2 Å². The molecular formula is C88H126O9. The Hall–Kier alpha value is -4.41. The van der Waals surface area contributed by atoms with Gasteiger partial charge in [-0.15, -0.1) is 0 Å². The Morgan fingerprint density at radius 2 is 0.784 bits per heavy atom. The number of ether oxygens (including phenoxy) is 4. The molecule has 532 valence electrons. The number of fused-ring (bicyclic) bond motifs is 20. The molecule has 9 heteroatoms. The molecule has 4 aromatic rings. The minimum atomic E-state index is -0.553. The summed E-state index contributed by atoms with van der Waals surface area (Å²) in [4.78, 5) is 12.4. The van der Waals surface area contributed by atoms with Gasteiger partial charge in [0, 0.05) is 11.8 Å². The van der Waals surface area contributed by atoms with Crippen molar-refractivity contribution < 1.29 is 44.2 Å². The zero-order chi connectivity index (χ0) is 69.3. The first-order valence-electron chi connectivity index (χ1n) is 39.1. The van der Waals surface area contributed by atoms with Crippen molar-refractivity contribution in [3.8, 4) is 23.0 Å². The number of aromatic hydroxyl groups is 1. The number of phenolic OH excluding ortho intramolecular Hbond substituents is 1. The van der Waals surface area contributed by atoms with Gasteiger partial charge in [-0.3, -0.25) is 4.79 Å². The molecule has 8 saturated carbocycles. The predicted molar refractivity (Wildman–Crippen MR) is 390 cm³/mol. The van der Waals surface area contributed by atoms with E-state index in [0.717, 1.165) is 106 Å². The van der Waals surface area contributed by atoms with Crippen molar-refractivity contribution in [3.05, 3.63) is 117 Å². The van der Waals surface area contributed by atoms with Crippen LogP contribution in [0.15, 0.2) is 72.8 Å². The molecule has 0 amide bonds. The summed E-state index contributed by atoms with van der Waals surface area (Å²) < 4.78 is 24.7. The quantitative estimate of drug-likeness (QED) is 0.158. The zero-order valence-electron chi connectivity index (χ0n) is 62.8. The Bertz CT molecular complexity index is 3500. The lowest BCUT2D eigenvalue weighted by Gasteiger charge is -2.51. The summed E-state index contributed by atoms with van der Waals surface area (Å²) in [7, 11) is 0. The second kappa shape index (κ2) is 26.1. The van der Waals surface area contributed by atoms with E-state index in [1.165, 1.54) is 116 Å². The Morgan fingerprint density at radius 3 is 1.25 bits per heavy atom. The van der Waals surface area contributed by atoms with Crippen molar-refractivity contribution in [1.29, 1.82) is 0 Å². The third kappa shape index (κ3) is 13.8. The zero-order valence-corrected chi connectivity index (χ0v) is 62.8. The second-order valence-corrected chi connectivity index (χ2v) is 38.5. The van der Waals surface area contributed by atoms with E-state index in [1.54, 1.807) is 5.56 Å². The van der Waals surface area contributed by atoms with Crippen LogP contribution < -0.4 is 14.2 Å². The number of carbonyl (C=O) groups excluding carboxylic acids is 1. The SMILES string of the molecule is CC(C)(C)O[C@H]1CC[C@H]2[C@@H]3CCc4cc(O)ccc4[C@H]3CC[C@]12C.CC(C)(C)Oc1ccc2c(c1)CC[C@@H]1[C@@H]2CC[C@]2(C)C(=O)CC[C@@H]12.CC(C)(C)Oc1ccc2c(c1)CC[C@@H]1[C@@H]2CC[C@]2(C)[C@@H](O)CC[C@@H]12.CC(C)(C)Oc1ccc2c(c1)CC[C@@H]1[C@@H]2CC[C@]2(C)[C@@H](O)[C@H](O)C[C@@H]12. The summed E-state index contributed by atoms with van der Waals surface area (Å²) in [5.74, 6) is 12.0. The molecule has 0 unspecified atom stereocenters. The number of ketones is 1. The van der Waals surface area contributed by atoms with Crippen molar-refractivity contribution in [2.75, 3.05) is 0 Å². The van der Waals surface area contributed by atoms with Gasteiger partial charge in [0.25, 0.3) is 0 Å². The first-order chi connectivity index (χ1) is 45.5. The molecule has 0 radical (unpaired) electrons. The fraction of sp³-hybridized carbons (Fsp3) is 0.716. The summed E-state index contributed by atoms with van der Waals surface area (Å²) in [6, 6.07) is 26.2. The maximum Gasteiger partial charge on any atom is 0.139 e. The van der Waals surface area contributed by atoms with E-state index in [2.05, 4.69) is 171 Å². The van der Waals surface area contributed by atoms with E-state index in [0.29, 0.717) is 76.3 Å². The van der Waals surface area contributed by atoms with Gasteiger partial charge in [0.15, 0.2) is 0 Å². The summed E-state index contributed by atoms with van der Waals surface area (Å²) in [6.45, 7) is 34.8. The Labute approximate surface area is 585 Å². The lowest BCUT2D eigenvalue weighted by Crippen LogP contribution is -2.46. The molecule has 0 bridgehead atoms. The van der Waals surface area contributed by atoms with Crippen LogP contribution in [0.1, 0.15) is 301 Å². The third-order valence-electron chi connectivity index (χ3n) is 28.1. The monoisotopic (exact) mass is 1330 g/mol. The Balaban J connectivity index is 0.000000117. The fourth-order valence-electron chi connectivity index (χ4n) is 23.8. The third-order valence-corrected chi connectivity index (χ3v) is 28.1. The van der Waals surface area contributed by atoms with Crippen LogP contribution in [0, 0.1) is 69.0 Å². The minimum Gasteiger partial charge on any atom is -0.508 e. The summed E-state index contributed by atoms with van der Waals surface area (Å²) in [5.41, 5.74) is 11.8. The van der Waals surface area contributed by atoms with Crippen molar-refractivity contribution in [2.24, 2.45) is 69.0 Å². The van der Waals surface area contributed by atoms with Crippen LogP contribution in [0.4, 0.5) is 0 Å². The van der Waals surface area contributed by atoms with Crippen LogP contribution in [0.25, 0.3) is 0 Å². The van der Waals surface area contributed by atoms with Crippen molar-refractivity contribution >= 4 is 5.78 Å². The summed E-state index contributed by atoms with van der Waals surface area (Å²) >= 11 is 0. The highest BCUT2D eigenvalue weighted by molar-refractivity contribution is 5.87. The minimum absolute atomic E-state index is 0.0199. The molecule has 0 heterocycles. The fourth-order valence-corrected chi connectivity index (χ4v) is 23.8. The molecular weight excluding hydrogens is 1200 g/mol. The molecule has 9 nitrogen and oxygen atoms in total. The molecule has 0 aliphatic heterocycles. The van der Waals surface area contributed by atoms with E-state index in [9.17, 15) is 25.2 Å². The van der Waals surface area contributed by atoms with E-state index in [4.69, 9.17) is 18.9 Å². The van der Waals surface area contributed by atoms with E-state index < -0.39 is 12.2 Å². The second-order valence-electron chi connectivity index (χ2n) is 38.5. The number of hydrogen-bond donors (Lipinski definition) is 4. The average Bonchev–Trinajstić information content (AvgIpc) is 1.71. The maximum absolute atomic E-state index is 12.4. The average molecular weight is 1330 g/mol. The predicted octanol–water partition coefficient (Wildman–Crippen LogP) is 19.9. The lowest BCUT2D eigenvalue weighted by atomic mass is 9.55. The summed E-state index contributed by atoms with van der Waals surface area (Å²) in [6.07, 6.45) is 25.6. The highest BCUT2D eigenvalue weighted by Crippen LogP contribution is 2.66. The number of phenols is 1. The molecule has 12 aliphatic rings. The largest absolute Gasteiger partial charge is 0.508 e. The van der Waals surface area contributed by atoms with E-state index >= 15 is 0 Å². The van der Waals surface area contributed by atoms with Gasteiger partial charge >= 0.3 is 0 Å². The smallest absolute Gasteiger partial charge is 0.139 e. The molecule has 12 aliphatic carbocycles. The van der Waals surface area contributed by atoms with Crippen LogP contribution in [-0.4, -0.2) is 73.0 Å². The van der Waals surface area contributed by atoms with E-state index in [-0.39, 0.29) is 44.8 Å². The van der Waals surface area contributed by atoms with Crippen LogP contribution in [0.2, 0.25) is 0 Å². The van der Waals surface area contributed by atoms with Gasteiger partial charge in [-0.05, 0) is 405 Å². The molecule has 4 aromatic carbocycles. The normalized spacial score (nSPS) is 38.0. The molecule has 4 N–H and O–H groups in total. The van der Waals surface area contributed by atoms with Crippen molar-refractivity contribution in [3.63, 3.8) is 0 Å². The number of aliphatic hydroxyl groups excluding tert-OH is 3. The standard InChI is InChI=1S/C22H32O3.C22H32O2.C22H30O2.C22H32O2/c1-21(2,3)25-14-6-8-15-13(11-14)5-7-17-16(15)9-10-22(4)18(17)12-19(23)20(22)24;2*1-21(2,3)24-15-6-8-16-14(13-15)5-7-18-17(16)11-12-22(4)19(18)9-10-20(22)23;1-21(2,3)24-20-10-9-19-18-7-5-14-13-15(23)6-8-16(14)17(18)11-12-22(19,20)4/h6,8,11,16-20,23-24H,5,7,9-10,12H2,1-4H3;6,8,13,17-20,23H,5,7,9-12H2,1-4H3;6,8,13,17-19H,5,7,9-12H2,1-4H3;6,8,13,17-20,23H,5,7,9-12H2,1-4H3/t16-,17-,18+,19-,20+,22+;17-,18-,19+,20+,22+;17-,18-,19+,22+;17-,18-,19+,20+,22+/m1111/s1. The van der Waals surface area contributed by atoms with Crippen molar-refractivity contribution in [2.45, 2.75) is 329 Å². The van der Waals surface area contributed by atoms with Gasteiger partial charge < -0.3 is 39.4 Å². The van der Waals surface area contributed by atoms with Crippen molar-refractivity contribution in [1.82, 2.24) is 0 Å².